The summed E-state index contributed by atoms with van der Waals surface area (Å²) in [5.74, 6) is 0.328. The van der Waals surface area contributed by atoms with Crippen molar-refractivity contribution < 1.29 is 19.4 Å². The standard InChI is InChI=1S/C14H21NO4/c1-10(2)15-13-5-4-12(9-19-11(3)17)8-14(13)18-7-6-16/h4-5,8,10,15-16H,6-7,9H2,1-3H3. The fraction of sp³-hybridized carbons (Fsp3) is 0.500. The van der Waals surface area contributed by atoms with Gasteiger partial charge in [-0.25, -0.2) is 0 Å². The lowest BCUT2D eigenvalue weighted by atomic mass is 10.2. The number of aliphatic hydroxyl groups is 1. The molecular formula is C14H21NO4. The Morgan fingerprint density at radius 2 is 2.16 bits per heavy atom. The molecule has 0 aliphatic carbocycles. The van der Waals surface area contributed by atoms with Crippen LogP contribution in [0.25, 0.3) is 0 Å². The van der Waals surface area contributed by atoms with Crippen molar-refractivity contribution in [1.82, 2.24) is 0 Å². The van der Waals surface area contributed by atoms with Crippen LogP contribution in [0.4, 0.5) is 5.69 Å². The molecule has 106 valence electrons. The lowest BCUT2D eigenvalue weighted by Crippen LogP contribution is -2.12. The summed E-state index contributed by atoms with van der Waals surface area (Å²) >= 11 is 0. The summed E-state index contributed by atoms with van der Waals surface area (Å²) in [6, 6.07) is 5.84. The minimum Gasteiger partial charge on any atom is -0.489 e. The van der Waals surface area contributed by atoms with Gasteiger partial charge in [0.25, 0.3) is 0 Å². The molecule has 1 aromatic carbocycles. The number of rotatable bonds is 7. The maximum absolute atomic E-state index is 10.8. The first kappa shape index (κ1) is 15.3. The molecule has 19 heavy (non-hydrogen) atoms. The maximum atomic E-state index is 10.8. The molecule has 0 radical (unpaired) electrons. The van der Waals surface area contributed by atoms with E-state index < -0.39 is 0 Å². The van der Waals surface area contributed by atoms with Crippen LogP contribution < -0.4 is 10.1 Å². The molecule has 0 aromatic heterocycles. The molecule has 0 bridgehead atoms. The quantitative estimate of drug-likeness (QED) is 0.739. The van der Waals surface area contributed by atoms with Gasteiger partial charge in [-0.15, -0.1) is 0 Å². The van der Waals surface area contributed by atoms with Crippen molar-refractivity contribution >= 4 is 11.7 Å². The van der Waals surface area contributed by atoms with Crippen LogP contribution >= 0.6 is 0 Å². The zero-order chi connectivity index (χ0) is 14.3. The van der Waals surface area contributed by atoms with Crippen molar-refractivity contribution in [3.8, 4) is 5.75 Å². The largest absolute Gasteiger partial charge is 0.489 e. The monoisotopic (exact) mass is 267 g/mol. The molecular weight excluding hydrogens is 246 g/mol. The van der Waals surface area contributed by atoms with Gasteiger partial charge in [0.15, 0.2) is 0 Å². The zero-order valence-corrected chi connectivity index (χ0v) is 11.6. The number of benzene rings is 1. The van der Waals surface area contributed by atoms with Gasteiger partial charge in [0.1, 0.15) is 19.0 Å². The van der Waals surface area contributed by atoms with Crippen molar-refractivity contribution in [1.29, 1.82) is 0 Å². The number of nitrogens with one attached hydrogen (secondary N) is 1. The average molecular weight is 267 g/mol. The third kappa shape index (κ3) is 5.61. The summed E-state index contributed by atoms with van der Waals surface area (Å²) in [6.07, 6.45) is 0. The predicted molar refractivity (Wildman–Crippen MR) is 73.3 cm³/mol. The fourth-order valence-corrected chi connectivity index (χ4v) is 1.55. The number of anilines is 1. The second-order valence-electron chi connectivity index (χ2n) is 4.48. The third-order valence-corrected chi connectivity index (χ3v) is 2.28. The fourth-order valence-electron chi connectivity index (χ4n) is 1.55. The summed E-state index contributed by atoms with van der Waals surface area (Å²) in [7, 11) is 0. The number of ether oxygens (including phenoxy) is 2. The second kappa shape index (κ2) is 7.63. The summed E-state index contributed by atoms with van der Waals surface area (Å²) in [5.41, 5.74) is 1.70. The van der Waals surface area contributed by atoms with E-state index in [0.29, 0.717) is 5.75 Å². The van der Waals surface area contributed by atoms with E-state index in [1.54, 1.807) is 0 Å². The summed E-state index contributed by atoms with van der Waals surface area (Å²) in [4.78, 5) is 10.8. The van der Waals surface area contributed by atoms with Crippen molar-refractivity contribution in [3.05, 3.63) is 23.8 Å². The molecule has 1 rings (SSSR count). The second-order valence-corrected chi connectivity index (χ2v) is 4.48. The zero-order valence-electron chi connectivity index (χ0n) is 11.6. The number of hydrogen-bond donors (Lipinski definition) is 2. The Morgan fingerprint density at radius 1 is 1.42 bits per heavy atom. The van der Waals surface area contributed by atoms with Crippen LogP contribution in [0, 0.1) is 0 Å². The lowest BCUT2D eigenvalue weighted by Gasteiger charge is -2.16. The Kier molecular flexibility index (Phi) is 6.15. The molecule has 0 spiro atoms. The Bertz CT molecular complexity index is 418. The Labute approximate surface area is 113 Å². The highest BCUT2D eigenvalue weighted by Gasteiger charge is 2.07. The van der Waals surface area contributed by atoms with E-state index in [1.165, 1.54) is 6.92 Å². The van der Waals surface area contributed by atoms with E-state index in [9.17, 15) is 4.79 Å². The van der Waals surface area contributed by atoms with Gasteiger partial charge in [0, 0.05) is 13.0 Å². The summed E-state index contributed by atoms with van der Waals surface area (Å²) in [5, 5.41) is 12.1. The van der Waals surface area contributed by atoms with Crippen LogP contribution in [-0.4, -0.2) is 30.3 Å². The van der Waals surface area contributed by atoms with E-state index in [2.05, 4.69) is 5.32 Å². The van der Waals surface area contributed by atoms with E-state index in [0.717, 1.165) is 11.3 Å². The molecule has 0 atom stereocenters. The van der Waals surface area contributed by atoms with Gasteiger partial charge in [-0.3, -0.25) is 4.79 Å². The highest BCUT2D eigenvalue weighted by atomic mass is 16.5. The maximum Gasteiger partial charge on any atom is 0.302 e. The first-order valence-electron chi connectivity index (χ1n) is 6.29. The van der Waals surface area contributed by atoms with E-state index in [4.69, 9.17) is 14.6 Å². The molecule has 0 heterocycles. The molecule has 5 nitrogen and oxygen atoms in total. The molecule has 1 aromatic rings. The van der Waals surface area contributed by atoms with Crippen LogP contribution in [0.5, 0.6) is 5.75 Å². The van der Waals surface area contributed by atoms with Crippen molar-refractivity contribution in [2.24, 2.45) is 0 Å². The van der Waals surface area contributed by atoms with Crippen LogP contribution in [0.15, 0.2) is 18.2 Å². The van der Waals surface area contributed by atoms with Crippen LogP contribution in [0.1, 0.15) is 26.3 Å². The van der Waals surface area contributed by atoms with Gasteiger partial charge in [-0.1, -0.05) is 6.07 Å². The molecule has 0 fully saturated rings. The molecule has 0 aliphatic heterocycles. The number of hydrogen-bond acceptors (Lipinski definition) is 5. The first-order valence-corrected chi connectivity index (χ1v) is 6.29. The van der Waals surface area contributed by atoms with Crippen LogP contribution in [0.2, 0.25) is 0 Å². The highest BCUT2D eigenvalue weighted by Crippen LogP contribution is 2.27. The Hall–Kier alpha value is -1.75. The van der Waals surface area contributed by atoms with Crippen molar-refractivity contribution in [3.63, 3.8) is 0 Å². The van der Waals surface area contributed by atoms with Gasteiger partial charge in [0.05, 0.1) is 12.3 Å². The SMILES string of the molecule is CC(=O)OCc1ccc(NC(C)C)c(OCCO)c1. The van der Waals surface area contributed by atoms with Crippen LogP contribution in [0.3, 0.4) is 0 Å². The third-order valence-electron chi connectivity index (χ3n) is 2.28. The molecule has 0 aliphatic rings. The van der Waals surface area contributed by atoms with E-state index in [1.807, 2.05) is 32.0 Å². The average Bonchev–Trinajstić information content (AvgIpc) is 2.35. The smallest absolute Gasteiger partial charge is 0.302 e. The molecule has 0 saturated heterocycles. The van der Waals surface area contributed by atoms with E-state index >= 15 is 0 Å². The molecule has 5 heteroatoms. The summed E-state index contributed by atoms with van der Waals surface area (Å²) in [6.45, 7) is 5.83. The lowest BCUT2D eigenvalue weighted by molar-refractivity contribution is -0.142. The number of carbonyl (C=O) groups is 1. The predicted octanol–water partition coefficient (Wildman–Crippen LogP) is 1.94. The topological polar surface area (TPSA) is 67.8 Å². The first-order chi connectivity index (χ1) is 9.02. The summed E-state index contributed by atoms with van der Waals surface area (Å²) < 4.78 is 10.4. The van der Waals surface area contributed by atoms with Crippen molar-refractivity contribution in [2.45, 2.75) is 33.4 Å². The molecule has 2 N–H and O–H groups in total. The van der Waals surface area contributed by atoms with Crippen LogP contribution in [-0.2, 0) is 16.1 Å². The minimum absolute atomic E-state index is 0.0463. The molecule has 0 saturated carbocycles. The Morgan fingerprint density at radius 3 is 2.74 bits per heavy atom. The van der Waals surface area contributed by atoms with Gasteiger partial charge in [-0.2, -0.15) is 0 Å². The normalized spacial score (nSPS) is 10.4. The van der Waals surface area contributed by atoms with Gasteiger partial charge in [-0.05, 0) is 31.5 Å². The van der Waals surface area contributed by atoms with Crippen molar-refractivity contribution in [2.75, 3.05) is 18.5 Å². The van der Waals surface area contributed by atoms with Gasteiger partial charge < -0.3 is 19.9 Å². The van der Waals surface area contributed by atoms with E-state index in [-0.39, 0.29) is 31.8 Å². The molecule has 0 amide bonds. The Balaban J connectivity index is 2.83. The minimum atomic E-state index is -0.317. The van der Waals surface area contributed by atoms with Gasteiger partial charge in [0.2, 0.25) is 0 Å². The number of aliphatic hydroxyl groups excluding tert-OH is 1. The van der Waals surface area contributed by atoms with Gasteiger partial charge >= 0.3 is 5.97 Å². The number of esters is 1. The highest BCUT2D eigenvalue weighted by molar-refractivity contribution is 5.66. The number of carbonyl (C=O) groups excluding carboxylic acids is 1. The molecule has 0 unspecified atom stereocenters.